The van der Waals surface area contributed by atoms with Crippen molar-refractivity contribution in [2.75, 3.05) is 0 Å². The molecule has 2 aromatic rings. The predicted molar refractivity (Wildman–Crippen MR) is 114 cm³/mol. The Kier molecular flexibility index (Phi) is 6.13. The lowest BCUT2D eigenvalue weighted by Crippen LogP contribution is -2.36. The van der Waals surface area contributed by atoms with Crippen LogP contribution in [0.4, 0.5) is 4.39 Å². The molecule has 0 bridgehead atoms. The van der Waals surface area contributed by atoms with E-state index in [0.29, 0.717) is 35.4 Å². The number of amides is 1. The van der Waals surface area contributed by atoms with Gasteiger partial charge in [0.05, 0.1) is 10.6 Å². The van der Waals surface area contributed by atoms with Crippen molar-refractivity contribution in [3.05, 3.63) is 52.7 Å². The second kappa shape index (κ2) is 8.82. The summed E-state index contributed by atoms with van der Waals surface area (Å²) >= 11 is 0. The van der Waals surface area contributed by atoms with Gasteiger partial charge in [-0.3, -0.25) is 4.79 Å². The minimum atomic E-state index is -3.93. The largest absolute Gasteiger partial charge is 0.455 e. The highest BCUT2D eigenvalue weighted by atomic mass is 32.2. The summed E-state index contributed by atoms with van der Waals surface area (Å²) in [6.07, 6.45) is 7.34. The number of carbonyl (C=O) groups excluding carboxylic acids is 1. The molecule has 1 aromatic heterocycles. The van der Waals surface area contributed by atoms with Gasteiger partial charge < -0.3 is 9.73 Å². The van der Waals surface area contributed by atoms with Gasteiger partial charge >= 0.3 is 0 Å². The number of nitrogens with one attached hydrogen (secondary N) is 2. The zero-order valence-electron chi connectivity index (χ0n) is 17.4. The van der Waals surface area contributed by atoms with Crippen LogP contribution in [0.25, 0.3) is 0 Å². The number of carbonyl (C=O) groups is 1. The second-order valence-electron chi connectivity index (χ2n) is 8.12. The smallest absolute Gasteiger partial charge is 0.287 e. The highest BCUT2D eigenvalue weighted by Gasteiger charge is 2.29. The highest BCUT2D eigenvalue weighted by molar-refractivity contribution is 7.89. The van der Waals surface area contributed by atoms with E-state index < -0.39 is 15.8 Å². The van der Waals surface area contributed by atoms with E-state index >= 15 is 0 Å². The van der Waals surface area contributed by atoms with Crippen LogP contribution in [-0.2, 0) is 16.4 Å². The molecule has 1 amide bonds. The lowest BCUT2D eigenvalue weighted by Gasteiger charge is -2.22. The molecule has 0 atom stereocenters. The van der Waals surface area contributed by atoms with Crippen molar-refractivity contribution in [3.63, 3.8) is 0 Å². The Balaban J connectivity index is 1.56. The highest BCUT2D eigenvalue weighted by Crippen LogP contribution is 2.30. The maximum absolute atomic E-state index is 13.1. The molecule has 1 heterocycles. The number of hydrogen-bond donors (Lipinski definition) is 2. The Morgan fingerprint density at radius 1 is 1.10 bits per heavy atom. The van der Waals surface area contributed by atoms with Crippen LogP contribution < -0.4 is 10.1 Å². The van der Waals surface area contributed by atoms with Crippen molar-refractivity contribution in [2.24, 2.45) is 5.10 Å². The first kappa shape index (κ1) is 21.5. The Morgan fingerprint density at radius 3 is 2.52 bits per heavy atom. The lowest BCUT2D eigenvalue weighted by atomic mass is 9.93. The molecule has 7 nitrogen and oxygen atoms in total. The average molecular weight is 448 g/mol. The molecule has 4 rings (SSSR count). The fraction of sp³-hybridized carbons (Fsp3) is 0.455. The van der Waals surface area contributed by atoms with Crippen LogP contribution >= 0.6 is 0 Å². The normalized spacial score (nSPS) is 18.6. The van der Waals surface area contributed by atoms with Crippen LogP contribution in [-0.4, -0.2) is 26.1 Å². The SMILES string of the molecule is Cc1c(C(=O)NC2CCCCC2)oc2c1/C(=N/NS(=O)(=O)c1ccc(F)cc1)CCC2. The zero-order valence-corrected chi connectivity index (χ0v) is 18.2. The van der Waals surface area contributed by atoms with E-state index in [9.17, 15) is 17.6 Å². The monoisotopic (exact) mass is 447 g/mol. The summed E-state index contributed by atoms with van der Waals surface area (Å²) in [4.78, 5) is 15.0. The van der Waals surface area contributed by atoms with Gasteiger partial charge in [0, 0.05) is 23.6 Å². The Morgan fingerprint density at radius 2 is 1.81 bits per heavy atom. The fourth-order valence-electron chi connectivity index (χ4n) is 4.28. The fourth-order valence-corrected chi connectivity index (χ4v) is 5.11. The van der Waals surface area contributed by atoms with Gasteiger partial charge in [-0.25, -0.2) is 4.39 Å². The zero-order chi connectivity index (χ0) is 22.0. The number of rotatable bonds is 5. The number of halogens is 1. The molecular weight excluding hydrogens is 421 g/mol. The summed E-state index contributed by atoms with van der Waals surface area (Å²) in [5.41, 5.74) is 1.90. The van der Waals surface area contributed by atoms with E-state index in [1.165, 1.54) is 18.6 Å². The molecule has 2 aliphatic rings. The van der Waals surface area contributed by atoms with Crippen LogP contribution in [0.5, 0.6) is 0 Å². The van der Waals surface area contributed by atoms with Crippen molar-refractivity contribution >= 4 is 21.6 Å². The second-order valence-corrected chi connectivity index (χ2v) is 9.78. The molecule has 0 saturated heterocycles. The number of hydrogen-bond acceptors (Lipinski definition) is 5. The third-order valence-corrected chi connectivity index (χ3v) is 7.12. The first-order chi connectivity index (χ1) is 14.8. The van der Waals surface area contributed by atoms with E-state index in [1.54, 1.807) is 6.92 Å². The van der Waals surface area contributed by atoms with Crippen LogP contribution in [0, 0.1) is 12.7 Å². The molecule has 1 fully saturated rings. The summed E-state index contributed by atoms with van der Waals surface area (Å²) in [6.45, 7) is 1.80. The molecule has 9 heteroatoms. The minimum absolute atomic E-state index is 0.0780. The van der Waals surface area contributed by atoms with E-state index in [4.69, 9.17) is 4.42 Å². The predicted octanol–water partition coefficient (Wildman–Crippen LogP) is 3.81. The summed E-state index contributed by atoms with van der Waals surface area (Å²) in [5.74, 6) is 0.170. The van der Waals surface area contributed by atoms with Crippen molar-refractivity contribution in [2.45, 2.75) is 69.2 Å². The number of sulfonamides is 1. The molecule has 1 aromatic carbocycles. The third kappa shape index (κ3) is 4.66. The first-order valence-corrected chi connectivity index (χ1v) is 12.1. The summed E-state index contributed by atoms with van der Waals surface area (Å²) in [7, 11) is -3.93. The molecule has 31 heavy (non-hydrogen) atoms. The summed E-state index contributed by atoms with van der Waals surface area (Å²) in [6, 6.07) is 4.69. The quantitative estimate of drug-likeness (QED) is 0.681. The molecule has 0 unspecified atom stereocenters. The number of nitrogens with zero attached hydrogens (tertiary/aromatic N) is 1. The molecule has 1 saturated carbocycles. The summed E-state index contributed by atoms with van der Waals surface area (Å²) < 4.78 is 44.0. The third-order valence-electron chi connectivity index (χ3n) is 5.90. The van der Waals surface area contributed by atoms with E-state index in [1.807, 2.05) is 0 Å². The molecule has 2 N–H and O–H groups in total. The number of hydrazone groups is 1. The number of furan rings is 1. The average Bonchev–Trinajstić information content (AvgIpc) is 3.11. The number of fused-ring (bicyclic) bond motifs is 1. The Hall–Kier alpha value is -2.68. The van der Waals surface area contributed by atoms with E-state index in [2.05, 4.69) is 15.2 Å². The van der Waals surface area contributed by atoms with Gasteiger partial charge in [0.25, 0.3) is 15.9 Å². The van der Waals surface area contributed by atoms with E-state index in [0.717, 1.165) is 44.2 Å². The molecule has 0 radical (unpaired) electrons. The molecular formula is C22H26FN3O4S. The maximum Gasteiger partial charge on any atom is 0.287 e. The van der Waals surface area contributed by atoms with Gasteiger partial charge in [-0.15, -0.1) is 0 Å². The van der Waals surface area contributed by atoms with Gasteiger partial charge in [0.2, 0.25) is 0 Å². The standard InChI is InChI=1S/C22H26FN3O4S/c1-14-20-18(25-26-31(28,29)17-12-10-15(23)11-13-17)8-5-9-19(20)30-21(14)22(27)24-16-6-3-2-4-7-16/h10-13,16,26H,2-9H2,1H3,(H,24,27)/b25-18+. The van der Waals surface area contributed by atoms with Gasteiger partial charge in [0.1, 0.15) is 11.6 Å². The van der Waals surface area contributed by atoms with Gasteiger partial charge in [-0.05, 0) is 56.9 Å². The van der Waals surface area contributed by atoms with Gasteiger partial charge in [0.15, 0.2) is 5.76 Å². The van der Waals surface area contributed by atoms with Crippen LogP contribution in [0.3, 0.4) is 0 Å². The van der Waals surface area contributed by atoms with Crippen LogP contribution in [0.2, 0.25) is 0 Å². The van der Waals surface area contributed by atoms with Crippen molar-refractivity contribution in [1.29, 1.82) is 0 Å². The number of benzene rings is 1. The molecule has 0 spiro atoms. The minimum Gasteiger partial charge on any atom is -0.455 e. The maximum atomic E-state index is 13.1. The molecule has 2 aliphatic carbocycles. The molecule has 166 valence electrons. The van der Waals surface area contributed by atoms with Crippen LogP contribution in [0.1, 0.15) is 72.4 Å². The van der Waals surface area contributed by atoms with Gasteiger partial charge in [-0.2, -0.15) is 18.4 Å². The van der Waals surface area contributed by atoms with Gasteiger partial charge in [-0.1, -0.05) is 19.3 Å². The number of aryl methyl sites for hydroxylation is 1. The van der Waals surface area contributed by atoms with E-state index in [-0.39, 0.29) is 22.6 Å². The van der Waals surface area contributed by atoms with Crippen molar-refractivity contribution in [3.8, 4) is 0 Å². The Bertz CT molecular complexity index is 1100. The summed E-state index contributed by atoms with van der Waals surface area (Å²) in [5, 5.41) is 7.21. The topological polar surface area (TPSA) is 101 Å². The van der Waals surface area contributed by atoms with Crippen molar-refractivity contribution in [1.82, 2.24) is 10.1 Å². The van der Waals surface area contributed by atoms with Crippen molar-refractivity contribution < 1.29 is 22.0 Å². The lowest BCUT2D eigenvalue weighted by molar-refractivity contribution is 0.0896. The first-order valence-electron chi connectivity index (χ1n) is 10.6. The van der Waals surface area contributed by atoms with Crippen LogP contribution in [0.15, 0.2) is 38.7 Å². The molecule has 0 aliphatic heterocycles. The Labute approximate surface area is 181 Å².